The Hall–Kier alpha value is -0.620. The van der Waals surface area contributed by atoms with Crippen LogP contribution in [0.15, 0.2) is 12.1 Å². The van der Waals surface area contributed by atoms with Crippen LogP contribution in [-0.4, -0.2) is 11.1 Å². The molecule has 1 aromatic carbocycles. The van der Waals surface area contributed by atoms with Gasteiger partial charge in [0.05, 0.1) is 10.4 Å². The van der Waals surface area contributed by atoms with Crippen molar-refractivity contribution in [2.75, 3.05) is 5.33 Å². The first-order valence-electron chi connectivity index (χ1n) is 3.92. The molecule has 0 aliphatic heterocycles. The van der Waals surface area contributed by atoms with E-state index in [0.29, 0.717) is 6.07 Å². The number of carbonyl (C=O) groups is 1. The van der Waals surface area contributed by atoms with Crippen LogP contribution in [0.2, 0.25) is 5.02 Å². The van der Waals surface area contributed by atoms with E-state index in [1.807, 2.05) is 0 Å². The van der Waals surface area contributed by atoms with Gasteiger partial charge in [-0.3, -0.25) is 4.79 Å². The minimum atomic E-state index is -4.88. The van der Waals surface area contributed by atoms with Crippen LogP contribution in [0.5, 0.6) is 0 Å². The number of hydrogen-bond acceptors (Lipinski definition) is 1. The van der Waals surface area contributed by atoms with Crippen molar-refractivity contribution in [3.8, 4) is 0 Å². The van der Waals surface area contributed by atoms with Crippen LogP contribution in [0.4, 0.5) is 17.6 Å². The molecule has 0 aliphatic rings. The van der Waals surface area contributed by atoms with Crippen LogP contribution in [-0.2, 0) is 6.18 Å². The summed E-state index contributed by atoms with van der Waals surface area (Å²) in [5.74, 6) is -2.10. The lowest BCUT2D eigenvalue weighted by atomic mass is 10.1. The fraction of sp³-hybridized carbons (Fsp3) is 0.222. The highest BCUT2D eigenvalue weighted by atomic mass is 79.9. The fourth-order valence-corrected chi connectivity index (χ4v) is 1.72. The Balaban J connectivity index is 3.34. The van der Waals surface area contributed by atoms with Gasteiger partial charge in [-0.2, -0.15) is 13.2 Å². The summed E-state index contributed by atoms with van der Waals surface area (Å²) in [5.41, 5.74) is -1.76. The lowest BCUT2D eigenvalue weighted by Crippen LogP contribution is -2.11. The second-order valence-corrected chi connectivity index (χ2v) is 3.84. The molecular formula is C9H4BrClF4O. The van der Waals surface area contributed by atoms with Crippen LogP contribution < -0.4 is 0 Å². The maximum atomic E-state index is 13.1. The van der Waals surface area contributed by atoms with E-state index in [2.05, 4.69) is 15.9 Å². The van der Waals surface area contributed by atoms with Crippen molar-refractivity contribution in [3.63, 3.8) is 0 Å². The van der Waals surface area contributed by atoms with Crippen LogP contribution in [0.25, 0.3) is 0 Å². The average Bonchev–Trinajstić information content (AvgIpc) is 2.13. The number of halogens is 6. The molecule has 7 heteroatoms. The minimum absolute atomic E-state index is 0.117. The molecule has 0 saturated carbocycles. The SMILES string of the molecule is O=C(CBr)c1cc(F)c(C(F)(F)F)c(Cl)c1. The number of alkyl halides is 4. The molecule has 0 N–H and O–H groups in total. The average molecular weight is 319 g/mol. The predicted molar refractivity (Wildman–Crippen MR) is 54.5 cm³/mol. The van der Waals surface area contributed by atoms with Gasteiger partial charge in [0.15, 0.2) is 5.78 Å². The summed E-state index contributed by atoms with van der Waals surface area (Å²) in [6, 6.07) is 1.33. The standard InChI is InChI=1S/C9H4BrClF4O/c10-3-7(16)4-1-5(11)8(6(12)2-4)9(13,14)15/h1-2H,3H2. The van der Waals surface area contributed by atoms with Gasteiger partial charge in [-0.1, -0.05) is 27.5 Å². The van der Waals surface area contributed by atoms with Crippen molar-refractivity contribution in [1.82, 2.24) is 0 Å². The third-order valence-electron chi connectivity index (χ3n) is 1.77. The summed E-state index contributed by atoms with van der Waals surface area (Å²) in [6.07, 6.45) is -4.88. The van der Waals surface area contributed by atoms with Gasteiger partial charge < -0.3 is 0 Å². The van der Waals surface area contributed by atoms with E-state index in [-0.39, 0.29) is 10.9 Å². The van der Waals surface area contributed by atoms with E-state index in [0.717, 1.165) is 6.07 Å². The smallest absolute Gasteiger partial charge is 0.293 e. The zero-order valence-electron chi connectivity index (χ0n) is 7.54. The van der Waals surface area contributed by atoms with Gasteiger partial charge in [-0.05, 0) is 12.1 Å². The van der Waals surface area contributed by atoms with Crippen LogP contribution >= 0.6 is 27.5 Å². The van der Waals surface area contributed by atoms with E-state index in [1.165, 1.54) is 0 Å². The molecule has 88 valence electrons. The molecule has 0 aromatic heterocycles. The highest BCUT2D eigenvalue weighted by Gasteiger charge is 2.37. The van der Waals surface area contributed by atoms with Gasteiger partial charge in [0.2, 0.25) is 0 Å². The topological polar surface area (TPSA) is 17.1 Å². The third kappa shape index (κ3) is 2.74. The Kier molecular flexibility index (Phi) is 3.96. The van der Waals surface area contributed by atoms with Gasteiger partial charge in [0, 0.05) is 5.56 Å². The van der Waals surface area contributed by atoms with Crippen molar-refractivity contribution in [2.24, 2.45) is 0 Å². The molecule has 0 bridgehead atoms. The second-order valence-electron chi connectivity index (χ2n) is 2.87. The van der Waals surface area contributed by atoms with Gasteiger partial charge in [0.25, 0.3) is 0 Å². The van der Waals surface area contributed by atoms with Crippen molar-refractivity contribution in [2.45, 2.75) is 6.18 Å². The number of benzene rings is 1. The number of rotatable bonds is 2. The fourth-order valence-electron chi connectivity index (χ4n) is 1.08. The Morgan fingerprint density at radius 1 is 1.38 bits per heavy atom. The zero-order chi connectivity index (χ0) is 12.5. The number of carbonyl (C=O) groups excluding carboxylic acids is 1. The van der Waals surface area contributed by atoms with E-state index in [9.17, 15) is 22.4 Å². The largest absolute Gasteiger partial charge is 0.420 e. The summed E-state index contributed by atoms with van der Waals surface area (Å²) in [4.78, 5) is 11.1. The van der Waals surface area contributed by atoms with Gasteiger partial charge in [-0.25, -0.2) is 4.39 Å². The molecule has 0 radical (unpaired) electrons. The summed E-state index contributed by atoms with van der Waals surface area (Å²) in [5, 5.41) is -0.939. The minimum Gasteiger partial charge on any atom is -0.293 e. The first-order chi connectivity index (χ1) is 7.27. The molecule has 1 aromatic rings. The van der Waals surface area contributed by atoms with E-state index in [1.54, 1.807) is 0 Å². The van der Waals surface area contributed by atoms with Crippen LogP contribution in [0, 0.1) is 5.82 Å². The Morgan fingerprint density at radius 3 is 2.31 bits per heavy atom. The van der Waals surface area contributed by atoms with Gasteiger partial charge in [0.1, 0.15) is 11.4 Å². The maximum Gasteiger partial charge on any atom is 0.420 e. The predicted octanol–water partition coefficient (Wildman–Crippen LogP) is 4.08. The molecule has 0 saturated heterocycles. The quantitative estimate of drug-likeness (QED) is 0.456. The number of ketones is 1. The van der Waals surface area contributed by atoms with E-state index in [4.69, 9.17) is 11.6 Å². The van der Waals surface area contributed by atoms with Crippen molar-refractivity contribution in [3.05, 3.63) is 34.1 Å². The summed E-state index contributed by atoms with van der Waals surface area (Å²) >= 11 is 8.11. The third-order valence-corrected chi connectivity index (χ3v) is 2.58. The van der Waals surface area contributed by atoms with E-state index < -0.39 is 28.4 Å². The molecule has 1 rings (SSSR count). The maximum absolute atomic E-state index is 13.1. The molecule has 0 amide bonds. The second kappa shape index (κ2) is 4.71. The molecular weight excluding hydrogens is 315 g/mol. The molecule has 1 nitrogen and oxygen atoms in total. The lowest BCUT2D eigenvalue weighted by Gasteiger charge is -2.11. The molecule has 0 unspecified atom stereocenters. The first kappa shape index (κ1) is 13.4. The van der Waals surface area contributed by atoms with E-state index >= 15 is 0 Å². The first-order valence-corrected chi connectivity index (χ1v) is 5.42. The zero-order valence-corrected chi connectivity index (χ0v) is 9.88. The van der Waals surface area contributed by atoms with Gasteiger partial charge >= 0.3 is 6.18 Å². The van der Waals surface area contributed by atoms with Crippen LogP contribution in [0.1, 0.15) is 15.9 Å². The van der Waals surface area contributed by atoms with Crippen molar-refractivity contribution < 1.29 is 22.4 Å². The molecule has 16 heavy (non-hydrogen) atoms. The molecule has 0 fully saturated rings. The summed E-state index contributed by atoms with van der Waals surface area (Å²) < 4.78 is 50.0. The molecule has 0 heterocycles. The molecule has 0 spiro atoms. The van der Waals surface area contributed by atoms with Crippen molar-refractivity contribution in [1.29, 1.82) is 0 Å². The Bertz CT molecular complexity index is 407. The lowest BCUT2D eigenvalue weighted by molar-refractivity contribution is -0.139. The molecule has 0 atom stereocenters. The summed E-state index contributed by atoms with van der Waals surface area (Å²) in [7, 11) is 0. The highest BCUT2D eigenvalue weighted by molar-refractivity contribution is 9.09. The Labute approximate surface area is 102 Å². The number of hydrogen-bond donors (Lipinski definition) is 0. The normalized spacial score (nSPS) is 11.6. The Morgan fingerprint density at radius 2 is 1.94 bits per heavy atom. The van der Waals surface area contributed by atoms with Crippen LogP contribution in [0.3, 0.4) is 0 Å². The highest BCUT2D eigenvalue weighted by Crippen LogP contribution is 2.37. The molecule has 0 aliphatic carbocycles. The summed E-state index contributed by atoms with van der Waals surface area (Å²) in [6.45, 7) is 0. The monoisotopic (exact) mass is 318 g/mol. The van der Waals surface area contributed by atoms with Gasteiger partial charge in [-0.15, -0.1) is 0 Å². The number of Topliss-reactive ketones (excluding diaryl/α,β-unsaturated/α-hetero) is 1. The van der Waals surface area contributed by atoms with Crippen molar-refractivity contribution >= 4 is 33.3 Å².